The van der Waals surface area contributed by atoms with Crippen LogP contribution in [0.1, 0.15) is 41.9 Å². The van der Waals surface area contributed by atoms with Crippen LogP contribution in [0.25, 0.3) is 28.1 Å². The van der Waals surface area contributed by atoms with Crippen molar-refractivity contribution >= 4 is 23.2 Å². The number of H-pyrrole nitrogens is 1. The Morgan fingerprint density at radius 3 is 2.67 bits per heavy atom. The molecule has 228 valence electrons. The maximum atomic E-state index is 15.4. The van der Waals surface area contributed by atoms with Crippen LogP contribution in [-0.4, -0.2) is 46.8 Å². The van der Waals surface area contributed by atoms with E-state index in [0.29, 0.717) is 38.7 Å². The summed E-state index contributed by atoms with van der Waals surface area (Å²) in [5.74, 6) is -2.38. The Labute approximate surface area is 256 Å². The lowest BCUT2D eigenvalue weighted by Gasteiger charge is -2.25. The van der Waals surface area contributed by atoms with Crippen LogP contribution in [0.3, 0.4) is 0 Å². The van der Waals surface area contributed by atoms with Gasteiger partial charge in [-0.25, -0.2) is 4.98 Å². The number of hydrogen-bond donors (Lipinski definition) is 2. The minimum absolute atomic E-state index is 0.0339. The molecule has 3 aromatic heterocycles. The summed E-state index contributed by atoms with van der Waals surface area (Å²) in [5.41, 5.74) is 3.74. The van der Waals surface area contributed by atoms with Crippen molar-refractivity contribution < 1.29 is 22.4 Å². The van der Waals surface area contributed by atoms with Gasteiger partial charge < -0.3 is 14.9 Å². The molecule has 2 N–H and O–H groups in total. The van der Waals surface area contributed by atoms with Gasteiger partial charge in [-0.05, 0) is 76.7 Å². The third kappa shape index (κ3) is 4.71. The number of imidazole rings is 1. The fraction of sp³-hybridized carbons (Fsp3) is 0.267. The zero-order valence-electron chi connectivity index (χ0n) is 23.0. The van der Waals surface area contributed by atoms with E-state index in [-0.39, 0.29) is 35.3 Å². The molecule has 45 heavy (non-hydrogen) atoms. The van der Waals surface area contributed by atoms with Gasteiger partial charge in [-0.1, -0.05) is 17.7 Å². The van der Waals surface area contributed by atoms with Crippen LogP contribution >= 0.6 is 11.6 Å². The Kier molecular flexibility index (Phi) is 6.04. The van der Waals surface area contributed by atoms with Crippen molar-refractivity contribution in [2.45, 2.75) is 37.4 Å². The molecule has 1 amide bonds. The summed E-state index contributed by atoms with van der Waals surface area (Å²) < 4.78 is 57.6. The second-order valence-corrected chi connectivity index (χ2v) is 12.0. The van der Waals surface area contributed by atoms with Crippen molar-refractivity contribution in [1.82, 2.24) is 34.7 Å². The summed E-state index contributed by atoms with van der Waals surface area (Å²) in [6.45, 7) is 0. The van der Waals surface area contributed by atoms with E-state index in [9.17, 15) is 22.8 Å². The Bertz CT molecular complexity index is 2070. The van der Waals surface area contributed by atoms with Crippen molar-refractivity contribution in [2.24, 2.45) is 11.8 Å². The van der Waals surface area contributed by atoms with Gasteiger partial charge in [0.05, 0.1) is 24.1 Å². The number of alkyl halides is 3. The van der Waals surface area contributed by atoms with Gasteiger partial charge in [0, 0.05) is 39.5 Å². The number of fused-ring (bicyclic) bond motifs is 4. The van der Waals surface area contributed by atoms with Crippen LogP contribution in [0.5, 0.6) is 0 Å². The number of anilines is 1. The highest BCUT2D eigenvalue weighted by molar-refractivity contribution is 6.31. The van der Waals surface area contributed by atoms with Crippen molar-refractivity contribution in [3.63, 3.8) is 0 Å². The summed E-state index contributed by atoms with van der Waals surface area (Å²) in [6, 6.07) is 12.8. The predicted octanol–water partition coefficient (Wildman–Crippen LogP) is 5.44. The second-order valence-electron chi connectivity index (χ2n) is 11.6. The quantitative estimate of drug-likeness (QED) is 0.248. The SMILES string of the molecule is O=C1Nc2ccc(-c3[nH]c(C4C5CC5c5cc(-c6cc(Cl)ccc6-n6cnnn6)cc(=O)n54)nc3F)cc2CC1CC(F)(F)F. The van der Waals surface area contributed by atoms with Crippen LogP contribution in [0, 0.1) is 17.8 Å². The lowest BCUT2D eigenvalue weighted by molar-refractivity contribution is -0.152. The molecule has 2 aliphatic heterocycles. The number of carbonyl (C=O) groups excluding carboxylic acids is 1. The first-order valence-corrected chi connectivity index (χ1v) is 14.5. The average molecular weight is 637 g/mol. The molecule has 0 spiro atoms. The summed E-state index contributed by atoms with van der Waals surface area (Å²) in [5, 5.41) is 14.4. The van der Waals surface area contributed by atoms with Crippen LogP contribution < -0.4 is 10.9 Å². The second kappa shape index (κ2) is 9.83. The monoisotopic (exact) mass is 636 g/mol. The molecule has 1 fully saturated rings. The maximum absolute atomic E-state index is 15.4. The van der Waals surface area contributed by atoms with E-state index in [0.717, 1.165) is 12.1 Å². The average Bonchev–Trinajstić information content (AvgIpc) is 3.28. The molecule has 0 bridgehead atoms. The summed E-state index contributed by atoms with van der Waals surface area (Å²) in [6.07, 6.45) is -3.64. The summed E-state index contributed by atoms with van der Waals surface area (Å²) in [4.78, 5) is 33.1. The van der Waals surface area contributed by atoms with E-state index < -0.39 is 36.4 Å². The highest BCUT2D eigenvalue weighted by Gasteiger charge is 2.54. The van der Waals surface area contributed by atoms with Gasteiger partial charge in [0.1, 0.15) is 17.8 Å². The lowest BCUT2D eigenvalue weighted by Crippen LogP contribution is -2.33. The number of pyridine rings is 1. The number of nitrogens with one attached hydrogen (secondary N) is 2. The fourth-order valence-electron chi connectivity index (χ4n) is 6.75. The van der Waals surface area contributed by atoms with Crippen LogP contribution in [0.2, 0.25) is 5.02 Å². The molecule has 8 rings (SSSR count). The molecule has 4 atom stereocenters. The van der Waals surface area contributed by atoms with Gasteiger partial charge in [-0.3, -0.25) is 9.59 Å². The highest BCUT2D eigenvalue weighted by Crippen LogP contribution is 2.60. The molecular weight excluding hydrogens is 616 g/mol. The predicted molar refractivity (Wildman–Crippen MR) is 153 cm³/mol. The number of benzene rings is 2. The number of amides is 1. The standard InChI is InChI=1S/C30H21ClF4N8O2/c31-17-2-4-22(42-12-36-40-41-42)18(9-17)14-7-23-19-10-20(19)26(43(23)24(44)8-14)28-38-25(27(32)39-28)13-1-3-21-15(5-13)6-16(29(45)37-21)11-30(33,34)35/h1-5,7-9,12,16,19-20,26H,6,10-11H2,(H,37,45)(H,38,39). The number of hydrogen-bond acceptors (Lipinski definition) is 6. The first-order valence-electron chi connectivity index (χ1n) is 14.1. The molecule has 0 radical (unpaired) electrons. The summed E-state index contributed by atoms with van der Waals surface area (Å²) in [7, 11) is 0. The molecule has 1 aliphatic carbocycles. The van der Waals surface area contributed by atoms with Crippen LogP contribution in [0.4, 0.5) is 23.2 Å². The number of nitrogens with zero attached hydrogens (tertiary/aromatic N) is 6. The number of aromatic nitrogens is 7. The molecule has 0 saturated heterocycles. The van der Waals surface area contributed by atoms with E-state index in [1.54, 1.807) is 41.0 Å². The van der Waals surface area contributed by atoms with Gasteiger partial charge in [0.2, 0.25) is 11.9 Å². The smallest absolute Gasteiger partial charge is 0.338 e. The maximum Gasteiger partial charge on any atom is 0.389 e. The van der Waals surface area contributed by atoms with Gasteiger partial charge in [0.25, 0.3) is 5.56 Å². The minimum Gasteiger partial charge on any atom is -0.338 e. The molecule has 5 aromatic rings. The first kappa shape index (κ1) is 27.7. The van der Waals surface area contributed by atoms with Crippen molar-refractivity contribution in [3.8, 4) is 28.1 Å². The molecule has 15 heteroatoms. The number of halogens is 5. The van der Waals surface area contributed by atoms with E-state index in [4.69, 9.17) is 11.6 Å². The zero-order chi connectivity index (χ0) is 31.2. The molecule has 1 saturated carbocycles. The van der Waals surface area contributed by atoms with E-state index in [1.165, 1.54) is 17.1 Å². The highest BCUT2D eigenvalue weighted by atomic mass is 35.5. The van der Waals surface area contributed by atoms with Gasteiger partial charge in [-0.15, -0.1) is 5.10 Å². The van der Waals surface area contributed by atoms with Crippen LogP contribution in [-0.2, 0) is 11.2 Å². The molecule has 2 aromatic carbocycles. The third-order valence-electron chi connectivity index (χ3n) is 8.79. The number of tetrazole rings is 1. The van der Waals surface area contributed by atoms with E-state index in [2.05, 4.69) is 30.8 Å². The topological polar surface area (TPSA) is 123 Å². The summed E-state index contributed by atoms with van der Waals surface area (Å²) >= 11 is 6.32. The van der Waals surface area contributed by atoms with E-state index in [1.807, 2.05) is 6.07 Å². The Balaban J connectivity index is 1.14. The third-order valence-corrected chi connectivity index (χ3v) is 9.03. The molecule has 4 unspecified atom stereocenters. The zero-order valence-corrected chi connectivity index (χ0v) is 23.8. The Hall–Kier alpha value is -4.85. The first-order chi connectivity index (χ1) is 21.5. The van der Waals surface area contributed by atoms with Gasteiger partial charge in [0.15, 0.2) is 0 Å². The van der Waals surface area contributed by atoms with E-state index >= 15 is 4.39 Å². The lowest BCUT2D eigenvalue weighted by atomic mass is 9.89. The van der Waals surface area contributed by atoms with Gasteiger partial charge >= 0.3 is 6.18 Å². The Morgan fingerprint density at radius 2 is 1.89 bits per heavy atom. The van der Waals surface area contributed by atoms with Crippen LogP contribution in [0.15, 0.2) is 59.7 Å². The largest absolute Gasteiger partial charge is 0.389 e. The Morgan fingerprint density at radius 1 is 1.04 bits per heavy atom. The molecule has 3 aliphatic rings. The minimum atomic E-state index is -4.50. The molecule has 5 heterocycles. The number of carbonyl (C=O) groups is 1. The number of aromatic amines is 1. The van der Waals surface area contributed by atoms with Gasteiger partial charge in [-0.2, -0.15) is 22.2 Å². The fourth-order valence-corrected chi connectivity index (χ4v) is 6.92. The van der Waals surface area contributed by atoms with Crippen molar-refractivity contribution in [3.05, 3.63) is 93.3 Å². The normalized spacial score (nSPS) is 21.7. The number of rotatable bonds is 5. The molecule has 10 nitrogen and oxygen atoms in total. The van der Waals surface area contributed by atoms with Crippen molar-refractivity contribution in [2.75, 3.05) is 5.32 Å². The molecular formula is C30H21ClF4N8O2. The van der Waals surface area contributed by atoms with Crippen molar-refractivity contribution in [1.29, 1.82) is 0 Å².